The Balaban J connectivity index is 2.05. The molecule has 104 valence electrons. The normalized spacial score (nSPS) is 15.8. The zero-order chi connectivity index (χ0) is 14.1. The third kappa shape index (κ3) is 2.99. The molecule has 1 saturated carbocycles. The van der Waals surface area contributed by atoms with Crippen molar-refractivity contribution in [2.24, 2.45) is 0 Å². The summed E-state index contributed by atoms with van der Waals surface area (Å²) in [5.74, 6) is 1.13. The standard InChI is InChI=1S/C14H12BrClIN3/c15-9-5-6-10(18-7-9)14-19-12(8-3-1-2-4-8)11(17)13(16)20-14/h5-8H,1-4H2. The highest BCUT2D eigenvalue weighted by Gasteiger charge is 2.23. The summed E-state index contributed by atoms with van der Waals surface area (Å²) in [5, 5.41) is 0.530. The van der Waals surface area contributed by atoms with E-state index in [2.05, 4.69) is 48.5 Å². The van der Waals surface area contributed by atoms with E-state index in [4.69, 9.17) is 16.6 Å². The predicted molar refractivity (Wildman–Crippen MR) is 91.9 cm³/mol. The van der Waals surface area contributed by atoms with Gasteiger partial charge in [-0.15, -0.1) is 0 Å². The maximum Gasteiger partial charge on any atom is 0.179 e. The van der Waals surface area contributed by atoms with Gasteiger partial charge in [-0.3, -0.25) is 4.98 Å². The number of pyridine rings is 1. The van der Waals surface area contributed by atoms with Gasteiger partial charge in [0.1, 0.15) is 10.8 Å². The van der Waals surface area contributed by atoms with Gasteiger partial charge in [0.05, 0.1) is 9.26 Å². The number of rotatable bonds is 2. The number of hydrogen-bond donors (Lipinski definition) is 0. The summed E-state index contributed by atoms with van der Waals surface area (Å²) >= 11 is 11.9. The Hall–Kier alpha value is -0.270. The van der Waals surface area contributed by atoms with Gasteiger partial charge in [-0.2, -0.15) is 0 Å². The van der Waals surface area contributed by atoms with Gasteiger partial charge >= 0.3 is 0 Å². The maximum absolute atomic E-state index is 6.28. The van der Waals surface area contributed by atoms with Gasteiger partial charge in [0.2, 0.25) is 0 Å². The minimum Gasteiger partial charge on any atom is -0.252 e. The lowest BCUT2D eigenvalue weighted by atomic mass is 10.0. The first-order chi connectivity index (χ1) is 9.65. The molecule has 0 saturated heterocycles. The molecule has 0 bridgehead atoms. The molecule has 2 aromatic rings. The van der Waals surface area contributed by atoms with Crippen LogP contribution in [-0.4, -0.2) is 15.0 Å². The van der Waals surface area contributed by atoms with Crippen LogP contribution in [0.1, 0.15) is 37.3 Å². The molecular formula is C14H12BrClIN3. The van der Waals surface area contributed by atoms with Crippen molar-refractivity contribution in [2.45, 2.75) is 31.6 Å². The number of hydrogen-bond acceptors (Lipinski definition) is 3. The maximum atomic E-state index is 6.28. The highest BCUT2D eigenvalue weighted by atomic mass is 127. The Labute approximate surface area is 144 Å². The first kappa shape index (κ1) is 14.7. The molecule has 1 aliphatic carbocycles. The Morgan fingerprint density at radius 3 is 2.60 bits per heavy atom. The van der Waals surface area contributed by atoms with E-state index in [1.807, 2.05) is 12.1 Å². The van der Waals surface area contributed by atoms with Crippen LogP contribution in [0.5, 0.6) is 0 Å². The van der Waals surface area contributed by atoms with Gasteiger partial charge in [-0.05, 0) is 63.5 Å². The number of nitrogens with zero attached hydrogens (tertiary/aromatic N) is 3. The molecule has 0 N–H and O–H groups in total. The molecule has 1 fully saturated rings. The highest BCUT2D eigenvalue weighted by Crippen LogP contribution is 2.37. The van der Waals surface area contributed by atoms with Crippen molar-refractivity contribution in [1.82, 2.24) is 15.0 Å². The summed E-state index contributed by atoms with van der Waals surface area (Å²) in [4.78, 5) is 13.5. The Morgan fingerprint density at radius 1 is 1.20 bits per heavy atom. The molecule has 6 heteroatoms. The SMILES string of the molecule is Clc1nc(-c2ccc(Br)cn2)nc(C2CCCC2)c1I. The van der Waals surface area contributed by atoms with Crippen LogP contribution in [0.25, 0.3) is 11.5 Å². The van der Waals surface area contributed by atoms with E-state index in [-0.39, 0.29) is 0 Å². The van der Waals surface area contributed by atoms with E-state index in [0.717, 1.165) is 19.4 Å². The Bertz CT molecular complexity index is 627. The fourth-order valence-electron chi connectivity index (χ4n) is 2.53. The number of aromatic nitrogens is 3. The molecule has 1 aliphatic rings. The van der Waals surface area contributed by atoms with Gasteiger partial charge in [-0.25, -0.2) is 9.97 Å². The second-order valence-corrected chi connectivity index (χ2v) is 7.23. The second-order valence-electron chi connectivity index (χ2n) is 4.88. The molecule has 0 aromatic carbocycles. The third-order valence-corrected chi connectivity index (χ3v) is 5.66. The van der Waals surface area contributed by atoms with Crippen molar-refractivity contribution in [1.29, 1.82) is 0 Å². The molecule has 0 aliphatic heterocycles. The zero-order valence-corrected chi connectivity index (χ0v) is 15.1. The third-order valence-electron chi connectivity index (χ3n) is 3.53. The zero-order valence-electron chi connectivity index (χ0n) is 10.6. The fraction of sp³-hybridized carbons (Fsp3) is 0.357. The molecule has 2 heterocycles. The molecule has 0 atom stereocenters. The van der Waals surface area contributed by atoms with Crippen LogP contribution in [0, 0.1) is 3.57 Å². The van der Waals surface area contributed by atoms with E-state index in [9.17, 15) is 0 Å². The van der Waals surface area contributed by atoms with E-state index in [1.165, 1.54) is 25.7 Å². The largest absolute Gasteiger partial charge is 0.252 e. The van der Waals surface area contributed by atoms with Crippen molar-refractivity contribution in [3.63, 3.8) is 0 Å². The molecular weight excluding hydrogens is 452 g/mol. The van der Waals surface area contributed by atoms with Crippen LogP contribution in [0.2, 0.25) is 5.15 Å². The van der Waals surface area contributed by atoms with Crippen molar-refractivity contribution in [2.75, 3.05) is 0 Å². The Morgan fingerprint density at radius 2 is 1.95 bits per heavy atom. The van der Waals surface area contributed by atoms with E-state index in [1.54, 1.807) is 6.20 Å². The summed E-state index contributed by atoms with van der Waals surface area (Å²) in [6.07, 6.45) is 6.68. The average Bonchev–Trinajstić information content (AvgIpc) is 2.96. The van der Waals surface area contributed by atoms with Crippen molar-refractivity contribution < 1.29 is 0 Å². The smallest absolute Gasteiger partial charge is 0.179 e. The summed E-state index contributed by atoms with van der Waals surface area (Å²) in [6.45, 7) is 0. The van der Waals surface area contributed by atoms with E-state index >= 15 is 0 Å². The van der Waals surface area contributed by atoms with Crippen LogP contribution in [0.3, 0.4) is 0 Å². The summed E-state index contributed by atoms with van der Waals surface area (Å²) in [7, 11) is 0. The summed E-state index contributed by atoms with van der Waals surface area (Å²) in [5.41, 5.74) is 1.84. The molecule has 0 amide bonds. The molecule has 0 unspecified atom stereocenters. The predicted octanol–water partition coefficient (Wildman–Crippen LogP) is 5.22. The lowest BCUT2D eigenvalue weighted by Gasteiger charge is -2.13. The second kappa shape index (κ2) is 6.23. The lowest BCUT2D eigenvalue weighted by molar-refractivity contribution is 0.690. The minimum absolute atomic E-state index is 0.511. The molecule has 3 rings (SSSR count). The molecule has 0 spiro atoms. The van der Waals surface area contributed by atoms with Crippen molar-refractivity contribution in [3.05, 3.63) is 37.2 Å². The minimum atomic E-state index is 0.511. The molecule has 3 nitrogen and oxygen atoms in total. The quantitative estimate of drug-likeness (QED) is 0.452. The van der Waals surface area contributed by atoms with Gasteiger partial charge < -0.3 is 0 Å². The van der Waals surface area contributed by atoms with Crippen LogP contribution in [0.15, 0.2) is 22.8 Å². The van der Waals surface area contributed by atoms with Gasteiger partial charge in [0, 0.05) is 16.6 Å². The van der Waals surface area contributed by atoms with Crippen molar-refractivity contribution in [3.8, 4) is 11.5 Å². The van der Waals surface area contributed by atoms with Gasteiger partial charge in [-0.1, -0.05) is 24.4 Å². The topological polar surface area (TPSA) is 38.7 Å². The van der Waals surface area contributed by atoms with Crippen LogP contribution < -0.4 is 0 Å². The van der Waals surface area contributed by atoms with Gasteiger partial charge in [0.15, 0.2) is 5.82 Å². The average molecular weight is 465 g/mol. The summed E-state index contributed by atoms with van der Waals surface area (Å²) in [6, 6.07) is 3.84. The van der Waals surface area contributed by atoms with Crippen LogP contribution in [0.4, 0.5) is 0 Å². The highest BCUT2D eigenvalue weighted by molar-refractivity contribution is 14.1. The van der Waals surface area contributed by atoms with E-state index in [0.29, 0.717) is 16.9 Å². The van der Waals surface area contributed by atoms with Crippen LogP contribution in [-0.2, 0) is 0 Å². The van der Waals surface area contributed by atoms with Crippen molar-refractivity contribution >= 4 is 50.1 Å². The first-order valence-electron chi connectivity index (χ1n) is 6.50. The molecule has 0 radical (unpaired) electrons. The summed E-state index contributed by atoms with van der Waals surface area (Å²) < 4.78 is 1.92. The van der Waals surface area contributed by atoms with E-state index < -0.39 is 0 Å². The monoisotopic (exact) mass is 463 g/mol. The Kier molecular flexibility index (Phi) is 4.57. The molecule has 20 heavy (non-hydrogen) atoms. The van der Waals surface area contributed by atoms with Gasteiger partial charge in [0.25, 0.3) is 0 Å². The fourth-order valence-corrected chi connectivity index (χ4v) is 3.62. The van der Waals surface area contributed by atoms with Crippen LogP contribution >= 0.6 is 50.1 Å². The first-order valence-corrected chi connectivity index (χ1v) is 8.75. The number of halogens is 3. The molecule has 2 aromatic heterocycles. The lowest BCUT2D eigenvalue weighted by Crippen LogP contribution is -2.05.